The Kier molecular flexibility index (Phi) is 2.86. The van der Waals surface area contributed by atoms with Crippen molar-refractivity contribution in [1.29, 1.82) is 0 Å². The molecule has 0 N–H and O–H groups in total. The molecule has 0 saturated heterocycles. The number of aromatic nitrogens is 5. The van der Waals surface area contributed by atoms with Crippen molar-refractivity contribution in [3.63, 3.8) is 0 Å². The van der Waals surface area contributed by atoms with Crippen LogP contribution in [0.3, 0.4) is 0 Å². The van der Waals surface area contributed by atoms with Crippen LogP contribution < -0.4 is 16.0 Å². The van der Waals surface area contributed by atoms with Gasteiger partial charge in [-0.15, -0.1) is 15.0 Å². The lowest BCUT2D eigenvalue weighted by Crippen LogP contribution is -2.36. The summed E-state index contributed by atoms with van der Waals surface area (Å²) in [5, 5.41) is 8.40. The number of fused-ring (bicyclic) bond motifs is 1. The Morgan fingerprint density at radius 1 is 1.10 bits per heavy atom. The third-order valence-electron chi connectivity index (χ3n) is 3.28. The third-order valence-corrected chi connectivity index (χ3v) is 3.28. The Labute approximate surface area is 118 Å². The van der Waals surface area contributed by atoms with Crippen LogP contribution in [0, 0.1) is 0 Å². The highest BCUT2D eigenvalue weighted by molar-refractivity contribution is 5.68. The van der Waals surface area contributed by atoms with E-state index < -0.39 is 11.2 Å². The number of benzene rings is 1. The molecule has 0 spiro atoms. The predicted molar refractivity (Wildman–Crippen MR) is 75.9 cm³/mol. The average Bonchev–Trinajstić information content (AvgIpc) is 2.96. The Morgan fingerprint density at radius 2 is 1.86 bits per heavy atom. The molecule has 0 radical (unpaired) electrons. The fourth-order valence-electron chi connectivity index (χ4n) is 2.07. The summed E-state index contributed by atoms with van der Waals surface area (Å²) >= 11 is 0. The lowest BCUT2D eigenvalue weighted by atomic mass is 10.3. The fourth-order valence-corrected chi connectivity index (χ4v) is 2.07. The van der Waals surface area contributed by atoms with Gasteiger partial charge >= 0.3 is 5.69 Å². The molecule has 0 aliphatic heterocycles. The molecular weight excluding hydrogens is 274 g/mol. The van der Waals surface area contributed by atoms with Crippen molar-refractivity contribution in [1.82, 2.24) is 24.1 Å². The molecule has 2 heterocycles. The monoisotopic (exact) mass is 287 g/mol. The Bertz CT molecular complexity index is 951. The van der Waals surface area contributed by atoms with Gasteiger partial charge in [-0.2, -0.15) is 0 Å². The normalized spacial score (nSPS) is 11.0. The molecule has 8 nitrogen and oxygen atoms in total. The highest BCUT2D eigenvalue weighted by Gasteiger charge is 2.14. The molecule has 3 aromatic rings. The van der Waals surface area contributed by atoms with Gasteiger partial charge in [0.1, 0.15) is 5.75 Å². The van der Waals surface area contributed by atoms with E-state index in [0.29, 0.717) is 11.4 Å². The van der Waals surface area contributed by atoms with Crippen LogP contribution in [0.4, 0.5) is 0 Å². The van der Waals surface area contributed by atoms with Crippen LogP contribution in [0.2, 0.25) is 0 Å². The summed E-state index contributed by atoms with van der Waals surface area (Å²) in [5.41, 5.74) is 0.112. The topological polar surface area (TPSA) is 83.9 Å². The minimum Gasteiger partial charge on any atom is -0.497 e. The number of rotatable bonds is 2. The molecule has 0 saturated carbocycles. The first kappa shape index (κ1) is 13.1. The van der Waals surface area contributed by atoms with Gasteiger partial charge in [-0.1, -0.05) is 6.07 Å². The Balaban J connectivity index is 2.31. The van der Waals surface area contributed by atoms with E-state index in [-0.39, 0.29) is 11.2 Å². The maximum atomic E-state index is 12.1. The standard InChI is InChI=1S/C13H13N5O3/c1-16-11-10(12(19)17(2)13(16)20)14-18(15-11)8-5-4-6-9(7-8)21-3/h4-7H,1-3H3. The first-order valence-electron chi connectivity index (χ1n) is 6.20. The van der Waals surface area contributed by atoms with Crippen LogP contribution in [0.15, 0.2) is 33.9 Å². The number of aryl methyl sites for hydroxylation is 1. The fraction of sp³-hybridized carbons (Fsp3) is 0.231. The molecule has 2 aromatic heterocycles. The van der Waals surface area contributed by atoms with E-state index in [9.17, 15) is 9.59 Å². The van der Waals surface area contributed by atoms with Crippen LogP contribution in [-0.2, 0) is 14.1 Å². The summed E-state index contributed by atoms with van der Waals surface area (Å²) < 4.78 is 7.45. The average molecular weight is 287 g/mol. The summed E-state index contributed by atoms with van der Waals surface area (Å²) in [6.45, 7) is 0. The summed E-state index contributed by atoms with van der Waals surface area (Å²) in [5.74, 6) is 0.649. The molecular formula is C13H13N5O3. The molecule has 0 bridgehead atoms. The summed E-state index contributed by atoms with van der Waals surface area (Å²) in [6.07, 6.45) is 0. The van der Waals surface area contributed by atoms with Gasteiger partial charge < -0.3 is 4.74 Å². The molecule has 0 atom stereocenters. The van der Waals surface area contributed by atoms with Crippen molar-refractivity contribution < 1.29 is 4.74 Å². The van der Waals surface area contributed by atoms with Gasteiger partial charge in [0.2, 0.25) is 0 Å². The Hall–Kier alpha value is -2.90. The van der Waals surface area contributed by atoms with E-state index in [4.69, 9.17) is 4.74 Å². The number of methoxy groups -OCH3 is 1. The molecule has 0 aliphatic carbocycles. The molecule has 3 rings (SSSR count). The van der Waals surface area contributed by atoms with Gasteiger partial charge in [-0.25, -0.2) is 4.79 Å². The van der Waals surface area contributed by atoms with E-state index >= 15 is 0 Å². The first-order valence-corrected chi connectivity index (χ1v) is 6.20. The van der Waals surface area contributed by atoms with E-state index in [0.717, 1.165) is 4.57 Å². The minimum absolute atomic E-state index is 0.141. The van der Waals surface area contributed by atoms with Crippen LogP contribution >= 0.6 is 0 Å². The highest BCUT2D eigenvalue weighted by atomic mass is 16.5. The molecule has 8 heteroatoms. The summed E-state index contributed by atoms with van der Waals surface area (Å²) in [6, 6.07) is 7.10. The second-order valence-electron chi connectivity index (χ2n) is 4.57. The van der Waals surface area contributed by atoms with Gasteiger partial charge in [-0.3, -0.25) is 13.9 Å². The maximum Gasteiger partial charge on any atom is 0.332 e. The van der Waals surface area contributed by atoms with E-state index in [2.05, 4.69) is 10.2 Å². The number of hydrogen-bond acceptors (Lipinski definition) is 5. The van der Waals surface area contributed by atoms with Gasteiger partial charge in [0, 0.05) is 20.2 Å². The lowest BCUT2D eigenvalue weighted by Gasteiger charge is -2.02. The van der Waals surface area contributed by atoms with Crippen LogP contribution in [0.5, 0.6) is 5.75 Å². The first-order chi connectivity index (χ1) is 10.0. The quantitative estimate of drug-likeness (QED) is 0.653. The molecule has 21 heavy (non-hydrogen) atoms. The molecule has 1 aromatic carbocycles. The minimum atomic E-state index is -0.470. The molecule has 0 fully saturated rings. The predicted octanol–water partition coefficient (Wildman–Crippen LogP) is -0.174. The summed E-state index contributed by atoms with van der Waals surface area (Å²) in [7, 11) is 4.52. The smallest absolute Gasteiger partial charge is 0.332 e. The van der Waals surface area contributed by atoms with Crippen LogP contribution in [-0.4, -0.2) is 31.2 Å². The van der Waals surface area contributed by atoms with E-state index in [1.165, 1.54) is 16.4 Å². The number of hydrogen-bond donors (Lipinski definition) is 0. The molecule has 0 aliphatic rings. The second kappa shape index (κ2) is 4.58. The van der Waals surface area contributed by atoms with Crippen molar-refractivity contribution in [3.05, 3.63) is 45.1 Å². The van der Waals surface area contributed by atoms with E-state index in [1.807, 2.05) is 0 Å². The van der Waals surface area contributed by atoms with Crippen molar-refractivity contribution in [2.75, 3.05) is 7.11 Å². The molecule has 0 amide bonds. The van der Waals surface area contributed by atoms with Crippen molar-refractivity contribution in [2.45, 2.75) is 0 Å². The van der Waals surface area contributed by atoms with E-state index in [1.54, 1.807) is 38.4 Å². The zero-order valence-corrected chi connectivity index (χ0v) is 11.8. The van der Waals surface area contributed by atoms with Crippen LogP contribution in [0.25, 0.3) is 16.9 Å². The summed E-state index contributed by atoms with van der Waals surface area (Å²) in [4.78, 5) is 25.3. The Morgan fingerprint density at radius 3 is 2.57 bits per heavy atom. The van der Waals surface area contributed by atoms with Gasteiger partial charge in [-0.05, 0) is 12.1 Å². The highest BCUT2D eigenvalue weighted by Crippen LogP contribution is 2.15. The van der Waals surface area contributed by atoms with Crippen molar-refractivity contribution in [3.8, 4) is 11.4 Å². The molecule has 0 unspecified atom stereocenters. The van der Waals surface area contributed by atoms with Crippen molar-refractivity contribution in [2.24, 2.45) is 14.1 Å². The lowest BCUT2D eigenvalue weighted by molar-refractivity contribution is 0.414. The SMILES string of the molecule is COc1cccc(-n2nc3c(=O)n(C)c(=O)n(C)c3n2)c1. The largest absolute Gasteiger partial charge is 0.497 e. The maximum absolute atomic E-state index is 12.1. The molecule has 108 valence electrons. The van der Waals surface area contributed by atoms with Crippen LogP contribution in [0.1, 0.15) is 0 Å². The number of ether oxygens (including phenoxy) is 1. The third kappa shape index (κ3) is 1.92. The zero-order chi connectivity index (χ0) is 15.1. The van der Waals surface area contributed by atoms with Gasteiger partial charge in [0.05, 0.1) is 12.8 Å². The second-order valence-corrected chi connectivity index (χ2v) is 4.57. The van der Waals surface area contributed by atoms with Crippen molar-refractivity contribution >= 4 is 11.2 Å². The van der Waals surface area contributed by atoms with Gasteiger partial charge in [0.15, 0.2) is 11.2 Å². The number of nitrogens with zero attached hydrogens (tertiary/aromatic N) is 5. The zero-order valence-electron chi connectivity index (χ0n) is 11.8. The van der Waals surface area contributed by atoms with Gasteiger partial charge in [0.25, 0.3) is 5.56 Å².